The Morgan fingerprint density at radius 3 is 2.37 bits per heavy atom. The molecule has 2 N–H and O–H groups in total. The fourth-order valence-corrected chi connectivity index (χ4v) is 1.75. The maximum Gasteiger partial charge on any atom is 0.408 e. The predicted octanol–water partition coefficient (Wildman–Crippen LogP) is 3.02. The Bertz CT molecular complexity index is 396. The highest BCUT2D eigenvalue weighted by atomic mass is 16.6. The van der Waals surface area contributed by atoms with Gasteiger partial charge in [-0.15, -0.1) is 0 Å². The minimum atomic E-state index is -0.532. The number of aliphatic hydroxyl groups excluding tert-OH is 1. The van der Waals surface area contributed by atoms with Gasteiger partial charge in [0.25, 0.3) is 0 Å². The molecular weight excluding hydrogens is 242 g/mol. The van der Waals surface area contributed by atoms with E-state index in [2.05, 4.69) is 5.32 Å². The summed E-state index contributed by atoms with van der Waals surface area (Å²) in [4.78, 5) is 11.8. The number of hydrogen-bond acceptors (Lipinski definition) is 3. The Hall–Kier alpha value is -1.55. The van der Waals surface area contributed by atoms with Crippen LogP contribution < -0.4 is 5.32 Å². The highest BCUT2D eigenvalue weighted by Gasteiger charge is 2.21. The first-order valence-electron chi connectivity index (χ1n) is 6.50. The summed E-state index contributed by atoms with van der Waals surface area (Å²) in [6.45, 7) is 7.16. The van der Waals surface area contributed by atoms with Crippen LogP contribution >= 0.6 is 0 Å². The molecule has 0 aliphatic heterocycles. The number of rotatable bonds is 4. The van der Waals surface area contributed by atoms with E-state index in [1.807, 2.05) is 51.1 Å². The second-order valence-corrected chi connectivity index (χ2v) is 5.69. The molecule has 0 fully saturated rings. The van der Waals surface area contributed by atoms with Crippen molar-refractivity contribution < 1.29 is 14.6 Å². The van der Waals surface area contributed by atoms with Crippen LogP contribution in [0.15, 0.2) is 30.3 Å². The topological polar surface area (TPSA) is 58.6 Å². The molecule has 0 aromatic heterocycles. The van der Waals surface area contributed by atoms with Crippen molar-refractivity contribution in [2.75, 3.05) is 0 Å². The molecule has 4 heteroatoms. The van der Waals surface area contributed by atoms with Crippen LogP contribution in [0, 0.1) is 0 Å². The van der Waals surface area contributed by atoms with E-state index in [0.29, 0.717) is 6.42 Å². The first-order valence-corrected chi connectivity index (χ1v) is 6.50. The largest absolute Gasteiger partial charge is 0.444 e. The molecule has 0 aliphatic carbocycles. The van der Waals surface area contributed by atoms with Crippen molar-refractivity contribution in [1.29, 1.82) is 0 Å². The summed E-state index contributed by atoms with van der Waals surface area (Å²) in [5, 5.41) is 12.3. The molecule has 0 unspecified atom stereocenters. The van der Waals surface area contributed by atoms with Crippen molar-refractivity contribution in [2.45, 2.75) is 51.9 Å². The molecule has 0 saturated carbocycles. The molecular formula is C15H23NO3. The molecule has 4 nitrogen and oxygen atoms in total. The summed E-state index contributed by atoms with van der Waals surface area (Å²) in [6.07, 6.45) is -0.523. The van der Waals surface area contributed by atoms with Gasteiger partial charge in [0.05, 0.1) is 12.1 Å². The summed E-state index contributed by atoms with van der Waals surface area (Å²) in [5.41, 5.74) is 0.421. The maximum atomic E-state index is 11.8. The number of ether oxygens (including phenoxy) is 1. The van der Waals surface area contributed by atoms with Crippen molar-refractivity contribution in [3.63, 3.8) is 0 Å². The van der Waals surface area contributed by atoms with Gasteiger partial charge in [0, 0.05) is 0 Å². The average Bonchev–Trinajstić information content (AvgIpc) is 2.26. The van der Waals surface area contributed by atoms with Gasteiger partial charge in [-0.2, -0.15) is 0 Å². The van der Waals surface area contributed by atoms with E-state index in [9.17, 15) is 9.90 Å². The van der Waals surface area contributed by atoms with Crippen molar-refractivity contribution in [3.8, 4) is 0 Å². The zero-order valence-electron chi connectivity index (χ0n) is 12.0. The molecule has 19 heavy (non-hydrogen) atoms. The third-order valence-corrected chi connectivity index (χ3v) is 2.47. The first-order chi connectivity index (χ1) is 8.78. The number of carbonyl (C=O) groups excluding carboxylic acids is 1. The van der Waals surface area contributed by atoms with E-state index in [-0.39, 0.29) is 6.04 Å². The molecule has 0 spiro atoms. The summed E-state index contributed by atoms with van der Waals surface area (Å²) < 4.78 is 5.24. The molecule has 0 heterocycles. The Morgan fingerprint density at radius 1 is 1.32 bits per heavy atom. The quantitative estimate of drug-likeness (QED) is 0.879. The Kier molecular flexibility index (Phi) is 5.36. The van der Waals surface area contributed by atoms with E-state index < -0.39 is 17.8 Å². The summed E-state index contributed by atoms with van der Waals surface area (Å²) in [5.74, 6) is 0. The van der Waals surface area contributed by atoms with Crippen molar-refractivity contribution >= 4 is 6.09 Å². The molecule has 0 radical (unpaired) electrons. The van der Waals surface area contributed by atoms with E-state index >= 15 is 0 Å². The average molecular weight is 265 g/mol. The van der Waals surface area contributed by atoms with Crippen LogP contribution in [-0.2, 0) is 4.74 Å². The summed E-state index contributed by atoms with van der Waals surface area (Å²) in [6, 6.07) is 9.31. The summed E-state index contributed by atoms with van der Waals surface area (Å²) >= 11 is 0. The highest BCUT2D eigenvalue weighted by molar-refractivity contribution is 5.68. The number of alkyl carbamates (subject to hydrolysis) is 1. The van der Waals surface area contributed by atoms with Gasteiger partial charge in [0.15, 0.2) is 0 Å². The van der Waals surface area contributed by atoms with E-state index in [4.69, 9.17) is 4.74 Å². The summed E-state index contributed by atoms with van der Waals surface area (Å²) in [7, 11) is 0. The predicted molar refractivity (Wildman–Crippen MR) is 74.9 cm³/mol. The fourth-order valence-electron chi connectivity index (χ4n) is 1.75. The zero-order valence-corrected chi connectivity index (χ0v) is 12.0. The zero-order chi connectivity index (χ0) is 14.5. The number of carbonyl (C=O) groups is 1. The second kappa shape index (κ2) is 6.57. The third kappa shape index (κ3) is 6.25. The first kappa shape index (κ1) is 15.5. The Balaban J connectivity index is 2.73. The third-order valence-electron chi connectivity index (χ3n) is 2.47. The van der Waals surface area contributed by atoms with E-state index in [1.165, 1.54) is 0 Å². The Labute approximate surface area is 114 Å². The monoisotopic (exact) mass is 265 g/mol. The molecule has 0 saturated heterocycles. The van der Waals surface area contributed by atoms with Crippen LogP contribution in [0.1, 0.15) is 45.7 Å². The lowest BCUT2D eigenvalue weighted by molar-refractivity contribution is 0.0486. The number of nitrogens with one attached hydrogen (secondary N) is 1. The number of aliphatic hydroxyl groups is 1. The van der Waals surface area contributed by atoms with Crippen LogP contribution in [0.2, 0.25) is 0 Å². The van der Waals surface area contributed by atoms with Crippen LogP contribution in [0.5, 0.6) is 0 Å². The molecule has 1 amide bonds. The van der Waals surface area contributed by atoms with Gasteiger partial charge in [0.2, 0.25) is 0 Å². The molecule has 0 aliphatic rings. The van der Waals surface area contributed by atoms with Gasteiger partial charge in [-0.3, -0.25) is 0 Å². The molecule has 0 bridgehead atoms. The minimum Gasteiger partial charge on any atom is -0.444 e. The normalized spacial score (nSPS) is 14.6. The van der Waals surface area contributed by atoms with Gasteiger partial charge in [-0.25, -0.2) is 4.79 Å². The molecule has 106 valence electrons. The lowest BCUT2D eigenvalue weighted by Crippen LogP contribution is -2.36. The van der Waals surface area contributed by atoms with Crippen molar-refractivity contribution in [1.82, 2.24) is 5.32 Å². The standard InChI is InChI=1S/C15H23NO3/c1-11(17)10-13(12-8-6-5-7-9-12)16-14(18)19-15(2,3)4/h5-9,11,13,17H,10H2,1-4H3,(H,16,18)/t11-,13+/m0/s1. The van der Waals surface area contributed by atoms with Gasteiger partial charge in [0.1, 0.15) is 5.60 Å². The molecule has 1 rings (SSSR count). The lowest BCUT2D eigenvalue weighted by Gasteiger charge is -2.24. The van der Waals surface area contributed by atoms with Gasteiger partial charge in [-0.1, -0.05) is 30.3 Å². The maximum absolute atomic E-state index is 11.8. The van der Waals surface area contributed by atoms with Crippen molar-refractivity contribution in [2.24, 2.45) is 0 Å². The second-order valence-electron chi connectivity index (χ2n) is 5.69. The van der Waals surface area contributed by atoms with Crippen LogP contribution in [0.3, 0.4) is 0 Å². The van der Waals surface area contributed by atoms with Crippen molar-refractivity contribution in [3.05, 3.63) is 35.9 Å². The van der Waals surface area contributed by atoms with Gasteiger partial charge < -0.3 is 15.2 Å². The SMILES string of the molecule is C[C@H](O)C[C@@H](NC(=O)OC(C)(C)C)c1ccccc1. The van der Waals surface area contributed by atoms with E-state index in [1.54, 1.807) is 6.92 Å². The number of hydrogen-bond donors (Lipinski definition) is 2. The van der Waals surface area contributed by atoms with Crippen LogP contribution in [0.25, 0.3) is 0 Å². The number of amides is 1. The lowest BCUT2D eigenvalue weighted by atomic mass is 10.0. The minimum absolute atomic E-state index is 0.254. The smallest absolute Gasteiger partial charge is 0.408 e. The van der Waals surface area contributed by atoms with E-state index in [0.717, 1.165) is 5.56 Å². The highest BCUT2D eigenvalue weighted by Crippen LogP contribution is 2.19. The van der Waals surface area contributed by atoms with Gasteiger partial charge in [-0.05, 0) is 39.7 Å². The number of benzene rings is 1. The molecule has 1 aromatic rings. The van der Waals surface area contributed by atoms with Crippen LogP contribution in [0.4, 0.5) is 4.79 Å². The molecule has 1 aromatic carbocycles. The van der Waals surface area contributed by atoms with Crippen LogP contribution in [-0.4, -0.2) is 22.9 Å². The molecule has 2 atom stereocenters. The fraction of sp³-hybridized carbons (Fsp3) is 0.533. The Morgan fingerprint density at radius 2 is 1.89 bits per heavy atom. The van der Waals surface area contributed by atoms with Gasteiger partial charge >= 0.3 is 6.09 Å².